The quantitative estimate of drug-likeness (QED) is 0.657. The van der Waals surface area contributed by atoms with Crippen LogP contribution in [0.5, 0.6) is 0 Å². The van der Waals surface area contributed by atoms with Crippen molar-refractivity contribution in [2.45, 2.75) is 19.4 Å². The number of ketones is 1. The Morgan fingerprint density at radius 2 is 2.27 bits per heavy atom. The van der Waals surface area contributed by atoms with Gasteiger partial charge < -0.3 is 4.74 Å². The number of ether oxygens (including phenoxy) is 1. The number of hydrogen-bond acceptors (Lipinski definition) is 3. The number of esters is 1. The van der Waals surface area contributed by atoms with Crippen molar-refractivity contribution in [3.05, 3.63) is 35.1 Å². The normalized spacial score (nSPS) is 19.3. The standard InChI is InChI=1S/C11H9FO3/c1-6(13)9-5-7-3-2-4-8(12)10(7)11(14)15-9/h2-4,9H,5H2,1H3. The lowest BCUT2D eigenvalue weighted by molar-refractivity contribution is -0.125. The molecular weight excluding hydrogens is 199 g/mol. The fourth-order valence-electron chi connectivity index (χ4n) is 1.62. The Morgan fingerprint density at radius 3 is 2.93 bits per heavy atom. The van der Waals surface area contributed by atoms with Gasteiger partial charge in [-0.05, 0) is 18.6 Å². The van der Waals surface area contributed by atoms with E-state index in [1.807, 2.05) is 0 Å². The highest BCUT2D eigenvalue weighted by Gasteiger charge is 2.31. The number of benzene rings is 1. The summed E-state index contributed by atoms with van der Waals surface area (Å²) in [6.45, 7) is 1.35. The second-order valence-electron chi connectivity index (χ2n) is 3.48. The average molecular weight is 208 g/mol. The summed E-state index contributed by atoms with van der Waals surface area (Å²) >= 11 is 0. The van der Waals surface area contributed by atoms with Crippen LogP contribution in [0.2, 0.25) is 0 Å². The van der Waals surface area contributed by atoms with Gasteiger partial charge in [-0.2, -0.15) is 0 Å². The molecule has 4 heteroatoms. The summed E-state index contributed by atoms with van der Waals surface area (Å²) in [5.41, 5.74) is 0.487. The van der Waals surface area contributed by atoms with Crippen molar-refractivity contribution in [1.82, 2.24) is 0 Å². The minimum absolute atomic E-state index is 0.0463. The lowest BCUT2D eigenvalue weighted by atomic mass is 9.97. The Labute approximate surface area is 85.9 Å². The molecule has 0 fully saturated rings. The van der Waals surface area contributed by atoms with Gasteiger partial charge in [0.1, 0.15) is 5.82 Å². The number of Topliss-reactive ketones (excluding diaryl/α,β-unsaturated/α-hetero) is 1. The van der Waals surface area contributed by atoms with Gasteiger partial charge in [-0.1, -0.05) is 12.1 Å². The van der Waals surface area contributed by atoms with E-state index in [2.05, 4.69) is 0 Å². The zero-order valence-electron chi connectivity index (χ0n) is 8.12. The molecule has 2 rings (SSSR count). The van der Waals surface area contributed by atoms with Crippen molar-refractivity contribution in [2.24, 2.45) is 0 Å². The van der Waals surface area contributed by atoms with E-state index in [-0.39, 0.29) is 17.8 Å². The van der Waals surface area contributed by atoms with Crippen molar-refractivity contribution in [1.29, 1.82) is 0 Å². The van der Waals surface area contributed by atoms with E-state index in [9.17, 15) is 14.0 Å². The molecule has 0 radical (unpaired) electrons. The Morgan fingerprint density at radius 1 is 1.53 bits per heavy atom. The number of halogens is 1. The average Bonchev–Trinajstić information content (AvgIpc) is 2.17. The van der Waals surface area contributed by atoms with Crippen molar-refractivity contribution in [3.63, 3.8) is 0 Å². The van der Waals surface area contributed by atoms with E-state index < -0.39 is 17.9 Å². The largest absolute Gasteiger partial charge is 0.450 e. The molecule has 0 amide bonds. The molecule has 1 aliphatic rings. The summed E-state index contributed by atoms with van der Waals surface area (Å²) in [6, 6.07) is 4.35. The van der Waals surface area contributed by atoms with E-state index in [0.717, 1.165) is 0 Å². The first-order valence-electron chi connectivity index (χ1n) is 4.58. The second-order valence-corrected chi connectivity index (χ2v) is 3.48. The molecular formula is C11H9FO3. The molecule has 0 saturated heterocycles. The van der Waals surface area contributed by atoms with Crippen LogP contribution in [0.25, 0.3) is 0 Å². The first-order chi connectivity index (χ1) is 7.09. The molecule has 1 aromatic carbocycles. The Kier molecular flexibility index (Phi) is 2.26. The number of fused-ring (bicyclic) bond motifs is 1. The van der Waals surface area contributed by atoms with Gasteiger partial charge in [0, 0.05) is 6.42 Å². The minimum Gasteiger partial charge on any atom is -0.450 e. The summed E-state index contributed by atoms with van der Waals surface area (Å²) in [5.74, 6) is -1.58. The highest BCUT2D eigenvalue weighted by atomic mass is 19.1. The third kappa shape index (κ3) is 1.63. The lowest BCUT2D eigenvalue weighted by Gasteiger charge is -2.22. The maximum atomic E-state index is 13.3. The molecule has 0 N–H and O–H groups in total. The van der Waals surface area contributed by atoms with Crippen molar-refractivity contribution >= 4 is 11.8 Å². The van der Waals surface area contributed by atoms with Crippen LogP contribution in [0.4, 0.5) is 4.39 Å². The molecule has 15 heavy (non-hydrogen) atoms. The summed E-state index contributed by atoms with van der Waals surface area (Å²) in [5, 5.41) is 0. The van der Waals surface area contributed by atoms with Gasteiger partial charge >= 0.3 is 5.97 Å². The Hall–Kier alpha value is -1.71. The van der Waals surface area contributed by atoms with Crippen LogP contribution < -0.4 is 0 Å². The number of hydrogen-bond donors (Lipinski definition) is 0. The molecule has 78 valence electrons. The summed E-state index contributed by atoms with van der Waals surface area (Å²) in [6.07, 6.45) is -0.513. The summed E-state index contributed by atoms with van der Waals surface area (Å²) in [4.78, 5) is 22.5. The highest BCUT2D eigenvalue weighted by molar-refractivity contribution is 5.96. The maximum Gasteiger partial charge on any atom is 0.342 e. The minimum atomic E-state index is -0.771. The van der Waals surface area contributed by atoms with Crippen LogP contribution in [0.1, 0.15) is 22.8 Å². The molecule has 0 bridgehead atoms. The van der Waals surface area contributed by atoms with E-state index in [4.69, 9.17) is 4.74 Å². The number of carbonyl (C=O) groups is 2. The van der Waals surface area contributed by atoms with Gasteiger partial charge in [0.05, 0.1) is 5.56 Å². The molecule has 0 aromatic heterocycles. The third-order valence-electron chi connectivity index (χ3n) is 2.41. The number of carbonyl (C=O) groups excluding carboxylic acids is 2. The van der Waals surface area contributed by atoms with E-state index in [1.165, 1.54) is 19.1 Å². The first kappa shape index (κ1) is 9.83. The van der Waals surface area contributed by atoms with Crippen LogP contribution in [0.3, 0.4) is 0 Å². The topological polar surface area (TPSA) is 43.4 Å². The van der Waals surface area contributed by atoms with Gasteiger partial charge in [-0.15, -0.1) is 0 Å². The van der Waals surface area contributed by atoms with Crippen molar-refractivity contribution in [2.75, 3.05) is 0 Å². The van der Waals surface area contributed by atoms with Crippen molar-refractivity contribution in [3.8, 4) is 0 Å². The van der Waals surface area contributed by atoms with Crippen LogP contribution in [0, 0.1) is 5.82 Å². The maximum absolute atomic E-state index is 13.3. The predicted octanol–water partition coefficient (Wildman–Crippen LogP) is 1.50. The number of rotatable bonds is 1. The van der Waals surface area contributed by atoms with E-state index >= 15 is 0 Å². The Bertz CT molecular complexity index is 439. The van der Waals surface area contributed by atoms with Crippen LogP contribution in [-0.4, -0.2) is 17.9 Å². The molecule has 0 spiro atoms. The van der Waals surface area contributed by atoms with Gasteiger partial charge in [-0.3, -0.25) is 4.79 Å². The zero-order chi connectivity index (χ0) is 11.0. The van der Waals surface area contributed by atoms with Crippen LogP contribution in [-0.2, 0) is 16.0 Å². The highest BCUT2D eigenvalue weighted by Crippen LogP contribution is 2.23. The zero-order valence-corrected chi connectivity index (χ0v) is 8.12. The van der Waals surface area contributed by atoms with Gasteiger partial charge in [0.15, 0.2) is 11.9 Å². The summed E-state index contributed by atoms with van der Waals surface area (Å²) in [7, 11) is 0. The van der Waals surface area contributed by atoms with Crippen LogP contribution >= 0.6 is 0 Å². The molecule has 1 aliphatic heterocycles. The number of cyclic esters (lactones) is 1. The van der Waals surface area contributed by atoms with E-state index in [1.54, 1.807) is 6.07 Å². The van der Waals surface area contributed by atoms with Crippen molar-refractivity contribution < 1.29 is 18.7 Å². The smallest absolute Gasteiger partial charge is 0.342 e. The lowest BCUT2D eigenvalue weighted by Crippen LogP contribution is -2.33. The monoisotopic (exact) mass is 208 g/mol. The Balaban J connectivity index is 2.45. The molecule has 1 heterocycles. The molecule has 1 aromatic rings. The summed E-state index contributed by atoms with van der Waals surface area (Å²) < 4.78 is 18.1. The SMILES string of the molecule is CC(=O)C1Cc2cccc(F)c2C(=O)O1. The molecule has 0 aliphatic carbocycles. The fraction of sp³-hybridized carbons (Fsp3) is 0.273. The van der Waals surface area contributed by atoms with Gasteiger partial charge in [0.25, 0.3) is 0 Å². The molecule has 1 atom stereocenters. The predicted molar refractivity (Wildman–Crippen MR) is 50.0 cm³/mol. The van der Waals surface area contributed by atoms with Crippen LogP contribution in [0.15, 0.2) is 18.2 Å². The molecule has 0 saturated carbocycles. The fourth-order valence-corrected chi connectivity index (χ4v) is 1.62. The molecule has 3 nitrogen and oxygen atoms in total. The van der Waals surface area contributed by atoms with Gasteiger partial charge in [-0.25, -0.2) is 9.18 Å². The third-order valence-corrected chi connectivity index (χ3v) is 2.41. The molecule has 1 unspecified atom stereocenters. The van der Waals surface area contributed by atoms with Gasteiger partial charge in [0.2, 0.25) is 0 Å². The van der Waals surface area contributed by atoms with E-state index in [0.29, 0.717) is 5.56 Å². The second kappa shape index (κ2) is 3.46. The first-order valence-corrected chi connectivity index (χ1v) is 4.58.